The molecule has 1 amide bonds. The first-order valence-corrected chi connectivity index (χ1v) is 11.3. The number of nitrogens with one attached hydrogen (secondary N) is 1. The molecule has 1 N–H and O–H groups in total. The first-order valence-electron chi connectivity index (χ1n) is 9.51. The number of sulfonamides is 1. The van der Waals surface area contributed by atoms with E-state index < -0.39 is 10.0 Å². The Bertz CT molecular complexity index is 972. The van der Waals surface area contributed by atoms with Gasteiger partial charge in [-0.1, -0.05) is 23.7 Å². The van der Waals surface area contributed by atoms with Crippen LogP contribution in [0.3, 0.4) is 0 Å². The van der Waals surface area contributed by atoms with Gasteiger partial charge in [-0.3, -0.25) is 4.79 Å². The fourth-order valence-electron chi connectivity index (χ4n) is 3.90. The molecule has 2 aliphatic rings. The SMILES string of the molecule is Cc1oc(C(=O)NC2CC(c3ccc(Cl)cc3)C2)cc1S(=O)(=O)N1CCCC1. The molecule has 0 bridgehead atoms. The molecule has 1 aromatic heterocycles. The highest BCUT2D eigenvalue weighted by Gasteiger charge is 2.34. The molecule has 1 saturated carbocycles. The van der Waals surface area contributed by atoms with E-state index in [-0.39, 0.29) is 28.4 Å². The van der Waals surface area contributed by atoms with Crippen molar-refractivity contribution in [2.75, 3.05) is 13.1 Å². The van der Waals surface area contributed by atoms with E-state index in [1.807, 2.05) is 24.3 Å². The van der Waals surface area contributed by atoms with Crippen LogP contribution in [-0.2, 0) is 10.0 Å². The first kappa shape index (κ1) is 19.5. The van der Waals surface area contributed by atoms with E-state index in [0.29, 0.717) is 24.0 Å². The number of rotatable bonds is 5. The third kappa shape index (κ3) is 3.71. The normalized spacial score (nSPS) is 22.8. The summed E-state index contributed by atoms with van der Waals surface area (Å²) >= 11 is 5.92. The number of benzene rings is 1. The van der Waals surface area contributed by atoms with Crippen molar-refractivity contribution in [2.24, 2.45) is 0 Å². The van der Waals surface area contributed by atoms with E-state index in [0.717, 1.165) is 25.7 Å². The topological polar surface area (TPSA) is 79.6 Å². The summed E-state index contributed by atoms with van der Waals surface area (Å²) in [6.07, 6.45) is 3.40. The van der Waals surface area contributed by atoms with E-state index in [4.69, 9.17) is 16.0 Å². The van der Waals surface area contributed by atoms with Gasteiger partial charge >= 0.3 is 0 Å². The summed E-state index contributed by atoms with van der Waals surface area (Å²) in [5.74, 6) is 0.326. The quantitative estimate of drug-likeness (QED) is 0.796. The van der Waals surface area contributed by atoms with Crippen molar-refractivity contribution in [3.63, 3.8) is 0 Å². The summed E-state index contributed by atoms with van der Waals surface area (Å²) < 4.78 is 32.4. The zero-order valence-electron chi connectivity index (χ0n) is 15.7. The Morgan fingerprint density at radius 2 is 1.82 bits per heavy atom. The van der Waals surface area contributed by atoms with Crippen LogP contribution in [-0.4, -0.2) is 37.8 Å². The predicted octanol–water partition coefficient (Wildman–Crippen LogP) is 3.70. The van der Waals surface area contributed by atoms with Crippen LogP contribution < -0.4 is 5.32 Å². The first-order chi connectivity index (χ1) is 13.3. The molecule has 1 aliphatic heterocycles. The van der Waals surface area contributed by atoms with Crippen molar-refractivity contribution in [3.8, 4) is 0 Å². The van der Waals surface area contributed by atoms with Gasteiger partial charge in [-0.05, 0) is 56.2 Å². The Labute approximate surface area is 169 Å². The molecule has 0 spiro atoms. The van der Waals surface area contributed by atoms with Crippen LogP contribution in [0.4, 0.5) is 0 Å². The van der Waals surface area contributed by atoms with E-state index in [1.165, 1.54) is 15.9 Å². The van der Waals surface area contributed by atoms with Gasteiger partial charge in [0.2, 0.25) is 10.0 Å². The van der Waals surface area contributed by atoms with Crippen LogP contribution in [0, 0.1) is 6.92 Å². The molecule has 6 nitrogen and oxygen atoms in total. The van der Waals surface area contributed by atoms with Gasteiger partial charge in [0, 0.05) is 30.2 Å². The monoisotopic (exact) mass is 422 g/mol. The van der Waals surface area contributed by atoms with E-state index in [1.54, 1.807) is 6.92 Å². The molecule has 1 saturated heterocycles. The minimum atomic E-state index is -3.60. The van der Waals surface area contributed by atoms with Crippen molar-refractivity contribution >= 4 is 27.5 Å². The van der Waals surface area contributed by atoms with Gasteiger partial charge in [0.25, 0.3) is 5.91 Å². The smallest absolute Gasteiger partial charge is 0.287 e. The molecule has 0 radical (unpaired) electrons. The summed E-state index contributed by atoms with van der Waals surface area (Å²) in [6.45, 7) is 2.62. The third-order valence-electron chi connectivity index (χ3n) is 5.59. The average molecular weight is 423 g/mol. The van der Waals surface area contributed by atoms with Gasteiger partial charge in [-0.25, -0.2) is 8.42 Å². The number of amides is 1. The van der Waals surface area contributed by atoms with Crippen LogP contribution in [0.25, 0.3) is 0 Å². The Hall–Kier alpha value is -1.83. The fraction of sp³-hybridized carbons (Fsp3) is 0.450. The maximum atomic E-state index is 12.7. The van der Waals surface area contributed by atoms with Crippen molar-refractivity contribution in [3.05, 3.63) is 52.4 Å². The van der Waals surface area contributed by atoms with Crippen LogP contribution in [0.2, 0.25) is 5.02 Å². The minimum Gasteiger partial charge on any atom is -0.455 e. The Morgan fingerprint density at radius 1 is 1.18 bits per heavy atom. The largest absolute Gasteiger partial charge is 0.455 e. The second-order valence-electron chi connectivity index (χ2n) is 7.53. The van der Waals surface area contributed by atoms with Crippen molar-refractivity contribution in [2.45, 2.75) is 49.5 Å². The maximum Gasteiger partial charge on any atom is 0.287 e. The molecule has 2 aromatic rings. The Kier molecular flexibility index (Phi) is 5.24. The summed E-state index contributed by atoms with van der Waals surface area (Å²) in [5, 5.41) is 3.65. The highest BCUT2D eigenvalue weighted by molar-refractivity contribution is 7.89. The van der Waals surface area contributed by atoms with Crippen LogP contribution in [0.1, 0.15) is 53.5 Å². The van der Waals surface area contributed by atoms with Gasteiger partial charge in [-0.15, -0.1) is 0 Å². The molecule has 4 rings (SSSR count). The lowest BCUT2D eigenvalue weighted by atomic mass is 9.76. The molecular formula is C20H23ClN2O4S. The molecule has 0 atom stereocenters. The second-order valence-corrected chi connectivity index (χ2v) is 9.88. The number of carbonyl (C=O) groups is 1. The van der Waals surface area contributed by atoms with Gasteiger partial charge in [0.1, 0.15) is 10.7 Å². The lowest BCUT2D eigenvalue weighted by molar-refractivity contribution is 0.0879. The van der Waals surface area contributed by atoms with E-state index >= 15 is 0 Å². The number of hydrogen-bond acceptors (Lipinski definition) is 4. The zero-order valence-corrected chi connectivity index (χ0v) is 17.2. The van der Waals surface area contributed by atoms with Crippen molar-refractivity contribution < 1.29 is 17.6 Å². The van der Waals surface area contributed by atoms with Gasteiger partial charge in [0.15, 0.2) is 5.76 Å². The summed E-state index contributed by atoms with van der Waals surface area (Å²) in [5.41, 5.74) is 1.21. The molecule has 2 heterocycles. The molecule has 1 aliphatic carbocycles. The minimum absolute atomic E-state index is 0.0465. The molecule has 1 aromatic carbocycles. The number of hydrogen-bond donors (Lipinski definition) is 1. The molecule has 2 fully saturated rings. The van der Waals surface area contributed by atoms with Crippen molar-refractivity contribution in [1.29, 1.82) is 0 Å². The molecule has 0 unspecified atom stereocenters. The highest BCUT2D eigenvalue weighted by Crippen LogP contribution is 2.37. The number of carbonyl (C=O) groups excluding carboxylic acids is 1. The summed E-state index contributed by atoms with van der Waals surface area (Å²) in [4.78, 5) is 12.6. The number of halogens is 1. The van der Waals surface area contributed by atoms with Crippen molar-refractivity contribution in [1.82, 2.24) is 9.62 Å². The Morgan fingerprint density at radius 3 is 2.46 bits per heavy atom. The van der Waals surface area contributed by atoms with Gasteiger partial charge in [-0.2, -0.15) is 4.31 Å². The number of nitrogens with zero attached hydrogens (tertiary/aromatic N) is 1. The third-order valence-corrected chi connectivity index (χ3v) is 7.85. The Balaban J connectivity index is 1.39. The van der Waals surface area contributed by atoms with Crippen LogP contribution in [0.5, 0.6) is 0 Å². The van der Waals surface area contributed by atoms with Gasteiger partial charge < -0.3 is 9.73 Å². The molecular weight excluding hydrogens is 400 g/mol. The zero-order chi connectivity index (χ0) is 19.9. The standard InChI is InChI=1S/C20H23ClN2O4S/c1-13-19(28(25,26)23-8-2-3-9-23)12-18(27-13)20(24)22-17-10-15(11-17)14-4-6-16(21)7-5-14/h4-7,12,15,17H,2-3,8-11H2,1H3,(H,22,24). The number of aryl methyl sites for hydroxylation is 1. The molecule has 28 heavy (non-hydrogen) atoms. The van der Waals surface area contributed by atoms with Gasteiger partial charge in [0.05, 0.1) is 0 Å². The predicted molar refractivity (Wildman–Crippen MR) is 106 cm³/mol. The second kappa shape index (κ2) is 7.54. The molecule has 150 valence electrons. The van der Waals surface area contributed by atoms with Crippen LogP contribution >= 0.6 is 11.6 Å². The maximum absolute atomic E-state index is 12.7. The summed E-state index contributed by atoms with van der Waals surface area (Å²) in [6, 6.07) is 9.17. The fourth-order valence-corrected chi connectivity index (χ4v) is 5.70. The highest BCUT2D eigenvalue weighted by atomic mass is 35.5. The summed E-state index contributed by atoms with van der Waals surface area (Å²) in [7, 11) is -3.60. The average Bonchev–Trinajstić information content (AvgIpc) is 3.29. The lowest BCUT2D eigenvalue weighted by Gasteiger charge is -2.36. The molecule has 8 heteroatoms. The number of furan rings is 1. The van der Waals surface area contributed by atoms with E-state index in [9.17, 15) is 13.2 Å². The lowest BCUT2D eigenvalue weighted by Crippen LogP contribution is -2.43. The van der Waals surface area contributed by atoms with Crippen LogP contribution in [0.15, 0.2) is 39.6 Å². The van der Waals surface area contributed by atoms with E-state index in [2.05, 4.69) is 5.32 Å².